The molecule has 1 fully saturated rings. The largest absolute Gasteiger partial charge is 0.477 e. The zero-order chi connectivity index (χ0) is 14.0. The summed E-state index contributed by atoms with van der Waals surface area (Å²) >= 11 is 0. The molecule has 6 nitrogen and oxygen atoms in total. The summed E-state index contributed by atoms with van der Waals surface area (Å²) in [5, 5.41) is 8.88. The van der Waals surface area contributed by atoms with E-state index in [1.165, 1.54) is 6.07 Å². The Morgan fingerprint density at radius 2 is 2.26 bits per heavy atom. The molecule has 1 aliphatic heterocycles. The Labute approximate surface area is 111 Å². The van der Waals surface area contributed by atoms with E-state index in [0.29, 0.717) is 6.61 Å². The first-order valence-corrected chi connectivity index (χ1v) is 6.06. The molecule has 1 aromatic rings. The van der Waals surface area contributed by atoms with Crippen molar-refractivity contribution in [1.29, 1.82) is 0 Å². The number of aromatic nitrogens is 1. The Morgan fingerprint density at radius 1 is 1.53 bits per heavy atom. The van der Waals surface area contributed by atoms with Gasteiger partial charge in [0.05, 0.1) is 6.61 Å². The van der Waals surface area contributed by atoms with Gasteiger partial charge in [-0.2, -0.15) is 0 Å². The van der Waals surface area contributed by atoms with Crippen LogP contribution in [-0.4, -0.2) is 34.7 Å². The summed E-state index contributed by atoms with van der Waals surface area (Å²) in [6.45, 7) is 6.05. The van der Waals surface area contributed by atoms with Crippen LogP contribution in [0.5, 0.6) is 5.88 Å². The van der Waals surface area contributed by atoms with Crippen molar-refractivity contribution in [2.24, 2.45) is 5.92 Å². The van der Waals surface area contributed by atoms with Crippen LogP contribution in [0.4, 0.5) is 0 Å². The van der Waals surface area contributed by atoms with E-state index in [4.69, 9.17) is 19.3 Å². The number of carboxylic acids is 1. The molecule has 2 rings (SSSR count). The second-order valence-electron chi connectivity index (χ2n) is 4.96. The van der Waals surface area contributed by atoms with Crippen LogP contribution in [0.2, 0.25) is 0 Å². The van der Waals surface area contributed by atoms with Gasteiger partial charge in [0.2, 0.25) is 12.2 Å². The number of nitrogens with zero attached hydrogens (tertiary/aromatic N) is 1. The predicted octanol–water partition coefficient (Wildman–Crippen LogP) is 1.90. The molecule has 1 N–H and O–H groups in total. The van der Waals surface area contributed by atoms with Gasteiger partial charge in [0.1, 0.15) is 0 Å². The first-order chi connectivity index (χ1) is 8.87. The molecular weight excluding hydrogens is 250 g/mol. The maximum Gasteiger partial charge on any atom is 0.354 e. The normalized spacial score (nSPS) is 25.8. The van der Waals surface area contributed by atoms with Gasteiger partial charge in [-0.15, -0.1) is 0 Å². The van der Waals surface area contributed by atoms with Crippen molar-refractivity contribution < 1.29 is 24.1 Å². The van der Waals surface area contributed by atoms with E-state index in [-0.39, 0.29) is 17.5 Å². The minimum Gasteiger partial charge on any atom is -0.477 e. The highest BCUT2D eigenvalue weighted by molar-refractivity contribution is 5.85. The Kier molecular flexibility index (Phi) is 3.73. The molecule has 1 saturated heterocycles. The van der Waals surface area contributed by atoms with Gasteiger partial charge >= 0.3 is 5.97 Å². The number of carboxylic acid groups (broad SMARTS) is 1. The summed E-state index contributed by atoms with van der Waals surface area (Å²) < 4.78 is 16.8. The van der Waals surface area contributed by atoms with Crippen molar-refractivity contribution in [2.45, 2.75) is 32.8 Å². The molecule has 104 valence electrons. The van der Waals surface area contributed by atoms with Crippen molar-refractivity contribution in [2.75, 3.05) is 6.61 Å². The third-order valence-corrected chi connectivity index (χ3v) is 2.74. The first kappa shape index (κ1) is 13.8. The Bertz CT molecular complexity index is 474. The second-order valence-corrected chi connectivity index (χ2v) is 4.96. The van der Waals surface area contributed by atoms with Crippen LogP contribution in [0.15, 0.2) is 18.2 Å². The quantitative estimate of drug-likeness (QED) is 0.901. The monoisotopic (exact) mass is 267 g/mol. The van der Waals surface area contributed by atoms with Gasteiger partial charge in [-0.25, -0.2) is 9.78 Å². The van der Waals surface area contributed by atoms with E-state index in [1.54, 1.807) is 26.0 Å². The summed E-state index contributed by atoms with van der Waals surface area (Å²) in [4.78, 5) is 14.7. The van der Waals surface area contributed by atoms with E-state index in [9.17, 15) is 4.79 Å². The summed E-state index contributed by atoms with van der Waals surface area (Å²) in [6, 6.07) is 4.60. The molecule has 1 aliphatic rings. The van der Waals surface area contributed by atoms with Crippen molar-refractivity contribution in [1.82, 2.24) is 4.98 Å². The van der Waals surface area contributed by atoms with E-state index in [0.717, 1.165) is 0 Å². The van der Waals surface area contributed by atoms with Crippen LogP contribution >= 0.6 is 0 Å². The predicted molar refractivity (Wildman–Crippen MR) is 65.9 cm³/mol. The van der Waals surface area contributed by atoms with Crippen molar-refractivity contribution in [3.63, 3.8) is 0 Å². The maximum absolute atomic E-state index is 10.8. The molecule has 6 heteroatoms. The van der Waals surface area contributed by atoms with Crippen LogP contribution < -0.4 is 4.74 Å². The SMILES string of the molecule is CC1COC(C)(C)OC1Oc1cccc(C(=O)O)n1. The molecule has 19 heavy (non-hydrogen) atoms. The lowest BCUT2D eigenvalue weighted by Gasteiger charge is -2.39. The Balaban J connectivity index is 2.11. The molecule has 0 bridgehead atoms. The molecule has 0 amide bonds. The van der Waals surface area contributed by atoms with Gasteiger partial charge < -0.3 is 19.3 Å². The topological polar surface area (TPSA) is 77.9 Å². The molecule has 0 radical (unpaired) electrons. The molecule has 0 spiro atoms. The molecular formula is C13H17NO5. The average Bonchev–Trinajstić information content (AvgIpc) is 2.34. The lowest BCUT2D eigenvalue weighted by Crippen LogP contribution is -2.47. The minimum absolute atomic E-state index is 0.0308. The smallest absolute Gasteiger partial charge is 0.354 e. The molecule has 0 saturated carbocycles. The molecule has 0 aromatic carbocycles. The van der Waals surface area contributed by atoms with E-state index < -0.39 is 18.0 Å². The van der Waals surface area contributed by atoms with Crippen LogP contribution in [0.25, 0.3) is 0 Å². The minimum atomic E-state index is -1.09. The summed E-state index contributed by atoms with van der Waals surface area (Å²) in [5.41, 5.74) is -0.0588. The molecule has 0 aliphatic carbocycles. The molecule has 1 aromatic heterocycles. The second kappa shape index (κ2) is 5.14. The van der Waals surface area contributed by atoms with Gasteiger partial charge in [0.15, 0.2) is 11.5 Å². The van der Waals surface area contributed by atoms with E-state index in [2.05, 4.69) is 4.98 Å². The van der Waals surface area contributed by atoms with Crippen LogP contribution in [-0.2, 0) is 9.47 Å². The fraction of sp³-hybridized carbons (Fsp3) is 0.538. The highest BCUT2D eigenvalue weighted by Gasteiger charge is 2.35. The van der Waals surface area contributed by atoms with Crippen molar-refractivity contribution >= 4 is 5.97 Å². The van der Waals surface area contributed by atoms with Crippen LogP contribution in [0.3, 0.4) is 0 Å². The van der Waals surface area contributed by atoms with Gasteiger partial charge in [0.25, 0.3) is 0 Å². The highest BCUT2D eigenvalue weighted by atomic mass is 16.8. The number of aromatic carboxylic acids is 1. The summed E-state index contributed by atoms with van der Waals surface area (Å²) in [7, 11) is 0. The maximum atomic E-state index is 10.8. The Morgan fingerprint density at radius 3 is 2.95 bits per heavy atom. The first-order valence-electron chi connectivity index (χ1n) is 6.06. The van der Waals surface area contributed by atoms with Crippen LogP contribution in [0, 0.1) is 5.92 Å². The van der Waals surface area contributed by atoms with Crippen molar-refractivity contribution in [3.05, 3.63) is 23.9 Å². The summed E-state index contributed by atoms with van der Waals surface area (Å²) in [5.74, 6) is -1.55. The molecule has 2 unspecified atom stereocenters. The highest BCUT2D eigenvalue weighted by Crippen LogP contribution is 2.27. The fourth-order valence-corrected chi connectivity index (χ4v) is 1.70. The fourth-order valence-electron chi connectivity index (χ4n) is 1.70. The number of rotatable bonds is 3. The Hall–Kier alpha value is -1.66. The number of hydrogen-bond acceptors (Lipinski definition) is 5. The standard InChI is InChI=1S/C13H17NO5/c1-8-7-17-13(2,3)19-12(8)18-10-6-4-5-9(14-10)11(15)16/h4-6,8,12H,7H2,1-3H3,(H,15,16). The number of pyridine rings is 1. The van der Waals surface area contributed by atoms with Crippen molar-refractivity contribution in [3.8, 4) is 5.88 Å². The molecule has 2 heterocycles. The van der Waals surface area contributed by atoms with Gasteiger partial charge in [-0.05, 0) is 19.9 Å². The lowest BCUT2D eigenvalue weighted by molar-refractivity contribution is -0.331. The van der Waals surface area contributed by atoms with E-state index in [1.807, 2.05) is 6.92 Å². The number of ether oxygens (including phenoxy) is 3. The van der Waals surface area contributed by atoms with Crippen LogP contribution in [0.1, 0.15) is 31.3 Å². The van der Waals surface area contributed by atoms with E-state index >= 15 is 0 Å². The van der Waals surface area contributed by atoms with Gasteiger partial charge in [-0.1, -0.05) is 13.0 Å². The lowest BCUT2D eigenvalue weighted by atomic mass is 10.1. The zero-order valence-corrected chi connectivity index (χ0v) is 11.1. The van der Waals surface area contributed by atoms with Gasteiger partial charge in [0, 0.05) is 12.0 Å². The third kappa shape index (κ3) is 3.42. The molecule has 2 atom stereocenters. The number of hydrogen-bond donors (Lipinski definition) is 1. The summed E-state index contributed by atoms with van der Waals surface area (Å²) in [6.07, 6.45) is -0.514. The average molecular weight is 267 g/mol. The number of carbonyl (C=O) groups is 1. The third-order valence-electron chi connectivity index (χ3n) is 2.74. The van der Waals surface area contributed by atoms with Gasteiger partial charge in [-0.3, -0.25) is 0 Å². The zero-order valence-electron chi connectivity index (χ0n) is 11.1.